The van der Waals surface area contributed by atoms with Gasteiger partial charge in [0, 0.05) is 5.02 Å². The van der Waals surface area contributed by atoms with E-state index < -0.39 is 0 Å². The molecule has 0 fully saturated rings. The Bertz CT molecular complexity index is 350. The van der Waals surface area contributed by atoms with Gasteiger partial charge in [-0.2, -0.15) is 12.6 Å². The van der Waals surface area contributed by atoms with Crippen LogP contribution in [0.2, 0.25) is 10.0 Å². The number of anilines is 1. The summed E-state index contributed by atoms with van der Waals surface area (Å²) in [6.07, 6.45) is 4.83. The number of allylic oxidation sites excluding steroid dienone is 1. The lowest BCUT2D eigenvalue weighted by Crippen LogP contribution is -1.87. The number of nitrogen functional groups attached to an aromatic ring is 1. The van der Waals surface area contributed by atoms with Crippen LogP contribution in [0.5, 0.6) is 0 Å². The average Bonchev–Trinajstić information content (AvgIpc) is 2.14. The van der Waals surface area contributed by atoms with Crippen LogP contribution in [-0.2, 0) is 0 Å². The van der Waals surface area contributed by atoms with Crippen molar-refractivity contribution in [1.82, 2.24) is 0 Å². The number of benzene rings is 1. The Morgan fingerprint density at radius 1 is 1.29 bits per heavy atom. The van der Waals surface area contributed by atoms with Gasteiger partial charge in [-0.15, -0.1) is 0 Å². The smallest absolute Gasteiger partial charge is 0.0642 e. The third-order valence-corrected chi connectivity index (χ3v) is 2.62. The van der Waals surface area contributed by atoms with E-state index in [1.54, 1.807) is 12.1 Å². The Morgan fingerprint density at radius 3 is 2.64 bits per heavy atom. The zero-order chi connectivity index (χ0) is 10.6. The molecule has 0 aliphatic rings. The highest BCUT2D eigenvalue weighted by molar-refractivity contribution is 7.80. The van der Waals surface area contributed by atoms with Gasteiger partial charge in [0.25, 0.3) is 0 Å². The predicted octanol–water partition coefficient (Wildman–Crippen LogP) is 3.91. The van der Waals surface area contributed by atoms with Gasteiger partial charge in [-0.3, -0.25) is 0 Å². The Kier molecular flexibility index (Phi) is 4.66. The van der Waals surface area contributed by atoms with Gasteiger partial charge in [0.1, 0.15) is 0 Å². The third-order valence-electron chi connectivity index (χ3n) is 1.71. The maximum absolute atomic E-state index is 5.97. The molecular weight excluding hydrogens is 237 g/mol. The molecule has 0 heterocycles. The largest absolute Gasteiger partial charge is 0.397 e. The number of rotatable bonds is 3. The zero-order valence-corrected chi connectivity index (χ0v) is 9.91. The predicted molar refractivity (Wildman–Crippen MR) is 68.4 cm³/mol. The minimum Gasteiger partial charge on any atom is -0.397 e. The molecule has 0 unspecified atom stereocenters. The standard InChI is InChI=1S/C10H11Cl2NS/c11-8-6-10(13)9(12)5-7(8)3-1-2-4-14/h1,3,5-6,14H,2,4,13H2. The first-order valence-electron chi connectivity index (χ1n) is 4.17. The van der Waals surface area contributed by atoms with Crippen molar-refractivity contribution >= 4 is 47.6 Å². The lowest BCUT2D eigenvalue weighted by Gasteiger charge is -2.02. The van der Waals surface area contributed by atoms with Gasteiger partial charge in [0.2, 0.25) is 0 Å². The second kappa shape index (κ2) is 5.54. The summed E-state index contributed by atoms with van der Waals surface area (Å²) in [5.41, 5.74) is 6.98. The van der Waals surface area contributed by atoms with Crippen molar-refractivity contribution in [1.29, 1.82) is 0 Å². The number of thiol groups is 1. The quantitative estimate of drug-likeness (QED) is 0.615. The highest BCUT2D eigenvalue weighted by Crippen LogP contribution is 2.27. The molecule has 0 saturated carbocycles. The number of hydrogen-bond acceptors (Lipinski definition) is 2. The molecule has 0 radical (unpaired) electrons. The van der Waals surface area contributed by atoms with Crippen LogP contribution in [0, 0.1) is 0 Å². The van der Waals surface area contributed by atoms with Gasteiger partial charge in [-0.05, 0) is 29.9 Å². The van der Waals surface area contributed by atoms with E-state index in [0.29, 0.717) is 15.7 Å². The Balaban J connectivity index is 2.92. The number of halogens is 2. The van der Waals surface area contributed by atoms with E-state index in [0.717, 1.165) is 17.7 Å². The number of hydrogen-bond donors (Lipinski definition) is 2. The summed E-state index contributed by atoms with van der Waals surface area (Å²) in [5.74, 6) is 0.816. The molecule has 14 heavy (non-hydrogen) atoms. The van der Waals surface area contributed by atoms with E-state index in [1.807, 2.05) is 12.2 Å². The monoisotopic (exact) mass is 247 g/mol. The molecule has 2 N–H and O–H groups in total. The normalized spacial score (nSPS) is 11.1. The fraction of sp³-hybridized carbons (Fsp3) is 0.200. The fourth-order valence-corrected chi connectivity index (χ4v) is 1.55. The molecular formula is C10H11Cl2NS. The molecule has 0 spiro atoms. The molecule has 0 aromatic heterocycles. The third kappa shape index (κ3) is 3.12. The van der Waals surface area contributed by atoms with Crippen LogP contribution >= 0.6 is 35.8 Å². The van der Waals surface area contributed by atoms with Crippen LogP contribution in [0.25, 0.3) is 6.08 Å². The van der Waals surface area contributed by atoms with Crippen LogP contribution in [0.15, 0.2) is 18.2 Å². The van der Waals surface area contributed by atoms with E-state index in [2.05, 4.69) is 12.6 Å². The Morgan fingerprint density at radius 2 is 2.00 bits per heavy atom. The molecule has 0 atom stereocenters. The minimum atomic E-state index is 0.503. The summed E-state index contributed by atoms with van der Waals surface area (Å²) in [4.78, 5) is 0. The molecule has 0 saturated heterocycles. The maximum atomic E-state index is 5.97. The van der Waals surface area contributed by atoms with E-state index in [1.165, 1.54) is 0 Å². The van der Waals surface area contributed by atoms with Crippen LogP contribution in [0.4, 0.5) is 5.69 Å². The molecule has 0 aliphatic heterocycles. The first-order valence-corrected chi connectivity index (χ1v) is 5.56. The second-order valence-electron chi connectivity index (χ2n) is 2.81. The fourth-order valence-electron chi connectivity index (χ4n) is 0.990. The van der Waals surface area contributed by atoms with Crippen molar-refractivity contribution in [2.75, 3.05) is 11.5 Å². The highest BCUT2D eigenvalue weighted by Gasteiger charge is 2.01. The SMILES string of the molecule is Nc1cc(Cl)c(C=CCCS)cc1Cl. The van der Waals surface area contributed by atoms with Crippen molar-refractivity contribution in [3.8, 4) is 0 Å². The van der Waals surface area contributed by atoms with Gasteiger partial charge < -0.3 is 5.73 Å². The molecule has 1 rings (SSSR count). The average molecular weight is 248 g/mol. The van der Waals surface area contributed by atoms with Crippen LogP contribution in [-0.4, -0.2) is 5.75 Å². The van der Waals surface area contributed by atoms with E-state index in [9.17, 15) is 0 Å². The minimum absolute atomic E-state index is 0.503. The van der Waals surface area contributed by atoms with Gasteiger partial charge in [0.15, 0.2) is 0 Å². The Labute approximate surface area is 99.3 Å². The summed E-state index contributed by atoms with van der Waals surface area (Å²) in [6, 6.07) is 3.42. The van der Waals surface area contributed by atoms with Crippen LogP contribution in [0.1, 0.15) is 12.0 Å². The lowest BCUT2D eigenvalue weighted by molar-refractivity contribution is 1.26. The van der Waals surface area contributed by atoms with E-state index in [-0.39, 0.29) is 0 Å². The molecule has 1 aromatic carbocycles. The summed E-state index contributed by atoms with van der Waals surface area (Å²) in [7, 11) is 0. The van der Waals surface area contributed by atoms with E-state index >= 15 is 0 Å². The van der Waals surface area contributed by atoms with Crippen molar-refractivity contribution in [2.45, 2.75) is 6.42 Å². The van der Waals surface area contributed by atoms with Gasteiger partial charge in [-0.25, -0.2) is 0 Å². The van der Waals surface area contributed by atoms with Crippen molar-refractivity contribution in [3.63, 3.8) is 0 Å². The second-order valence-corrected chi connectivity index (χ2v) is 4.07. The first-order chi connectivity index (χ1) is 6.65. The first kappa shape index (κ1) is 11.8. The number of nitrogens with two attached hydrogens (primary N) is 1. The molecule has 0 aliphatic carbocycles. The van der Waals surface area contributed by atoms with Gasteiger partial charge in [0.05, 0.1) is 10.7 Å². The van der Waals surface area contributed by atoms with E-state index in [4.69, 9.17) is 28.9 Å². The summed E-state index contributed by atoms with van der Waals surface area (Å²) >= 11 is 15.9. The van der Waals surface area contributed by atoms with Crippen LogP contribution < -0.4 is 5.73 Å². The molecule has 4 heteroatoms. The Hall–Kier alpha value is -0.310. The van der Waals surface area contributed by atoms with Crippen molar-refractivity contribution < 1.29 is 0 Å². The maximum Gasteiger partial charge on any atom is 0.0642 e. The van der Waals surface area contributed by atoms with Crippen molar-refractivity contribution in [2.24, 2.45) is 0 Å². The summed E-state index contributed by atoms with van der Waals surface area (Å²) in [5, 5.41) is 1.14. The zero-order valence-electron chi connectivity index (χ0n) is 7.50. The van der Waals surface area contributed by atoms with Gasteiger partial charge >= 0.3 is 0 Å². The molecule has 1 nitrogen and oxygen atoms in total. The molecule has 1 aromatic rings. The van der Waals surface area contributed by atoms with Crippen LogP contribution in [0.3, 0.4) is 0 Å². The summed E-state index contributed by atoms with van der Waals surface area (Å²) < 4.78 is 0. The molecule has 0 amide bonds. The highest BCUT2D eigenvalue weighted by atomic mass is 35.5. The van der Waals surface area contributed by atoms with Gasteiger partial charge in [-0.1, -0.05) is 35.4 Å². The molecule has 76 valence electrons. The topological polar surface area (TPSA) is 26.0 Å². The lowest BCUT2D eigenvalue weighted by atomic mass is 10.2. The molecule has 0 bridgehead atoms. The van der Waals surface area contributed by atoms with Crippen molar-refractivity contribution in [3.05, 3.63) is 33.8 Å². The summed E-state index contributed by atoms with van der Waals surface area (Å²) in [6.45, 7) is 0.